The molecule has 1 unspecified atom stereocenters. The minimum Gasteiger partial charge on any atom is -0.314 e. The standard InChI is InChI=1S/C14H17BrN2S/c1-2-17-13(7-11-3-5-16-6-4-11)9-14-8-12(15)10-18-14/h3-6,8,10,13,17H,2,7,9H2,1H3. The van der Waals surface area contributed by atoms with Crippen LogP contribution in [0.4, 0.5) is 0 Å². The minimum atomic E-state index is 0.489. The Hall–Kier alpha value is -0.710. The van der Waals surface area contributed by atoms with Crippen LogP contribution in [0.15, 0.2) is 40.4 Å². The number of halogens is 1. The predicted octanol–water partition coefficient (Wildman–Crippen LogP) is 3.67. The first kappa shape index (κ1) is 13.7. The van der Waals surface area contributed by atoms with E-state index in [1.807, 2.05) is 23.7 Å². The number of likely N-dealkylation sites (N-methyl/N-ethyl adjacent to an activating group) is 1. The topological polar surface area (TPSA) is 24.9 Å². The molecule has 0 amide bonds. The van der Waals surface area contributed by atoms with E-state index in [0.29, 0.717) is 6.04 Å². The van der Waals surface area contributed by atoms with Gasteiger partial charge in [-0.3, -0.25) is 4.98 Å². The Morgan fingerprint density at radius 3 is 2.72 bits per heavy atom. The van der Waals surface area contributed by atoms with Crippen LogP contribution in [-0.4, -0.2) is 17.6 Å². The molecule has 0 aliphatic rings. The van der Waals surface area contributed by atoms with Crippen molar-refractivity contribution in [2.45, 2.75) is 25.8 Å². The van der Waals surface area contributed by atoms with E-state index in [9.17, 15) is 0 Å². The first-order valence-corrected chi connectivity index (χ1v) is 7.80. The zero-order chi connectivity index (χ0) is 12.8. The van der Waals surface area contributed by atoms with E-state index in [0.717, 1.165) is 19.4 Å². The van der Waals surface area contributed by atoms with Crippen LogP contribution in [0.3, 0.4) is 0 Å². The van der Waals surface area contributed by atoms with Crippen molar-refractivity contribution < 1.29 is 0 Å². The van der Waals surface area contributed by atoms with E-state index in [1.165, 1.54) is 14.9 Å². The first-order valence-electron chi connectivity index (χ1n) is 6.13. The molecule has 2 rings (SSSR count). The molecule has 2 heterocycles. The van der Waals surface area contributed by atoms with E-state index in [-0.39, 0.29) is 0 Å². The summed E-state index contributed by atoms with van der Waals surface area (Å²) >= 11 is 5.32. The summed E-state index contributed by atoms with van der Waals surface area (Å²) in [6, 6.07) is 6.88. The fourth-order valence-corrected chi connectivity index (χ4v) is 3.54. The zero-order valence-corrected chi connectivity index (χ0v) is 12.8. The Balaban J connectivity index is 1.99. The lowest BCUT2D eigenvalue weighted by atomic mass is 10.0. The quantitative estimate of drug-likeness (QED) is 0.876. The second-order valence-corrected chi connectivity index (χ2v) is 6.16. The maximum absolute atomic E-state index is 4.06. The molecular weight excluding hydrogens is 308 g/mol. The van der Waals surface area contributed by atoms with Crippen LogP contribution in [-0.2, 0) is 12.8 Å². The lowest BCUT2D eigenvalue weighted by molar-refractivity contribution is 0.524. The Morgan fingerprint density at radius 2 is 2.11 bits per heavy atom. The largest absolute Gasteiger partial charge is 0.314 e. The second kappa shape index (κ2) is 7.02. The van der Waals surface area contributed by atoms with Crippen molar-refractivity contribution in [3.63, 3.8) is 0 Å². The van der Waals surface area contributed by atoms with E-state index in [1.54, 1.807) is 0 Å². The van der Waals surface area contributed by atoms with E-state index in [2.05, 4.69) is 56.7 Å². The number of aromatic nitrogens is 1. The molecule has 2 aromatic rings. The number of hydrogen-bond acceptors (Lipinski definition) is 3. The first-order chi connectivity index (χ1) is 8.78. The molecule has 0 aliphatic heterocycles. The van der Waals surface area contributed by atoms with Crippen LogP contribution < -0.4 is 5.32 Å². The third-order valence-electron chi connectivity index (χ3n) is 2.79. The Kier molecular flexibility index (Phi) is 5.35. The highest BCUT2D eigenvalue weighted by atomic mass is 79.9. The molecule has 4 heteroatoms. The van der Waals surface area contributed by atoms with Gasteiger partial charge in [-0.05, 0) is 59.1 Å². The van der Waals surface area contributed by atoms with Gasteiger partial charge in [0.25, 0.3) is 0 Å². The van der Waals surface area contributed by atoms with Crippen molar-refractivity contribution in [1.29, 1.82) is 0 Å². The van der Waals surface area contributed by atoms with Crippen LogP contribution in [0.25, 0.3) is 0 Å². The Bertz CT molecular complexity index is 470. The SMILES string of the molecule is CCNC(Cc1ccncc1)Cc1cc(Br)cs1. The van der Waals surface area contributed by atoms with Gasteiger partial charge >= 0.3 is 0 Å². The molecule has 18 heavy (non-hydrogen) atoms. The van der Waals surface area contributed by atoms with E-state index >= 15 is 0 Å². The number of hydrogen-bond donors (Lipinski definition) is 1. The van der Waals surface area contributed by atoms with Crippen molar-refractivity contribution in [1.82, 2.24) is 10.3 Å². The molecule has 0 radical (unpaired) electrons. The molecule has 0 bridgehead atoms. The normalized spacial score (nSPS) is 12.6. The van der Waals surface area contributed by atoms with Gasteiger partial charge in [0.1, 0.15) is 0 Å². The average Bonchev–Trinajstić information content (AvgIpc) is 2.76. The number of thiophene rings is 1. The maximum Gasteiger partial charge on any atom is 0.0285 e. The summed E-state index contributed by atoms with van der Waals surface area (Å²) in [5, 5.41) is 5.70. The molecule has 0 spiro atoms. The average molecular weight is 325 g/mol. The highest BCUT2D eigenvalue weighted by Crippen LogP contribution is 2.21. The molecule has 0 aliphatic carbocycles. The van der Waals surface area contributed by atoms with Crippen LogP contribution in [0.2, 0.25) is 0 Å². The van der Waals surface area contributed by atoms with Crippen molar-refractivity contribution in [2.75, 3.05) is 6.54 Å². The van der Waals surface area contributed by atoms with Crippen LogP contribution in [0.5, 0.6) is 0 Å². The van der Waals surface area contributed by atoms with E-state index in [4.69, 9.17) is 0 Å². The van der Waals surface area contributed by atoms with Crippen LogP contribution in [0, 0.1) is 0 Å². The summed E-state index contributed by atoms with van der Waals surface area (Å²) in [4.78, 5) is 5.48. The molecular formula is C14H17BrN2S. The summed E-state index contributed by atoms with van der Waals surface area (Å²) in [6.07, 6.45) is 5.85. The second-order valence-electron chi connectivity index (χ2n) is 4.25. The van der Waals surface area contributed by atoms with Crippen molar-refractivity contribution >= 4 is 27.3 Å². The van der Waals surface area contributed by atoms with Gasteiger partial charge in [-0.25, -0.2) is 0 Å². The fraction of sp³-hybridized carbons (Fsp3) is 0.357. The van der Waals surface area contributed by atoms with Crippen molar-refractivity contribution in [2.24, 2.45) is 0 Å². The van der Waals surface area contributed by atoms with Crippen molar-refractivity contribution in [3.05, 3.63) is 50.9 Å². The lowest BCUT2D eigenvalue weighted by Crippen LogP contribution is -2.32. The number of nitrogens with one attached hydrogen (secondary N) is 1. The molecule has 2 aromatic heterocycles. The fourth-order valence-electron chi connectivity index (χ4n) is 2.01. The molecule has 2 nitrogen and oxygen atoms in total. The van der Waals surface area contributed by atoms with Gasteiger partial charge in [0.05, 0.1) is 0 Å². The number of pyridine rings is 1. The van der Waals surface area contributed by atoms with E-state index < -0.39 is 0 Å². The molecule has 0 saturated heterocycles. The van der Waals surface area contributed by atoms with Gasteiger partial charge in [0.15, 0.2) is 0 Å². The Labute approximate surface area is 121 Å². The molecule has 0 aromatic carbocycles. The smallest absolute Gasteiger partial charge is 0.0285 e. The molecule has 1 atom stereocenters. The summed E-state index contributed by atoms with van der Waals surface area (Å²) in [6.45, 7) is 3.16. The summed E-state index contributed by atoms with van der Waals surface area (Å²) in [7, 11) is 0. The molecule has 1 N–H and O–H groups in total. The highest BCUT2D eigenvalue weighted by molar-refractivity contribution is 9.10. The summed E-state index contributed by atoms with van der Waals surface area (Å²) < 4.78 is 1.18. The molecule has 0 saturated carbocycles. The van der Waals surface area contributed by atoms with Crippen LogP contribution >= 0.6 is 27.3 Å². The molecule has 0 fully saturated rings. The maximum atomic E-state index is 4.06. The van der Waals surface area contributed by atoms with Gasteiger partial charge in [0, 0.05) is 33.2 Å². The minimum absolute atomic E-state index is 0.489. The highest BCUT2D eigenvalue weighted by Gasteiger charge is 2.10. The Morgan fingerprint density at radius 1 is 1.33 bits per heavy atom. The zero-order valence-electron chi connectivity index (χ0n) is 10.4. The number of rotatable bonds is 6. The van der Waals surface area contributed by atoms with Gasteiger partial charge < -0.3 is 5.32 Å². The van der Waals surface area contributed by atoms with Gasteiger partial charge in [-0.2, -0.15) is 0 Å². The van der Waals surface area contributed by atoms with Crippen molar-refractivity contribution in [3.8, 4) is 0 Å². The third kappa shape index (κ3) is 4.19. The lowest BCUT2D eigenvalue weighted by Gasteiger charge is -2.17. The third-order valence-corrected chi connectivity index (χ3v) is 4.51. The van der Waals surface area contributed by atoms with Gasteiger partial charge in [-0.15, -0.1) is 11.3 Å². The predicted molar refractivity (Wildman–Crippen MR) is 81.1 cm³/mol. The van der Waals surface area contributed by atoms with Gasteiger partial charge in [-0.1, -0.05) is 6.92 Å². The summed E-state index contributed by atoms with van der Waals surface area (Å²) in [5.74, 6) is 0. The summed E-state index contributed by atoms with van der Waals surface area (Å²) in [5.41, 5.74) is 1.34. The monoisotopic (exact) mass is 324 g/mol. The molecule has 96 valence electrons. The van der Waals surface area contributed by atoms with Gasteiger partial charge in [0.2, 0.25) is 0 Å². The number of nitrogens with zero attached hydrogens (tertiary/aromatic N) is 1. The van der Waals surface area contributed by atoms with Crippen LogP contribution in [0.1, 0.15) is 17.4 Å².